The van der Waals surface area contributed by atoms with Crippen LogP contribution in [-0.4, -0.2) is 42.2 Å². The first-order valence-electron chi connectivity index (χ1n) is 7.76. The van der Waals surface area contributed by atoms with Crippen molar-refractivity contribution in [2.75, 3.05) is 26.2 Å². The zero-order valence-electron chi connectivity index (χ0n) is 12.5. The highest BCUT2D eigenvalue weighted by Gasteiger charge is 2.37. The second-order valence-corrected chi connectivity index (χ2v) is 6.54. The second-order valence-electron chi connectivity index (χ2n) is 6.54. The van der Waals surface area contributed by atoms with Crippen LogP contribution >= 0.6 is 0 Å². The van der Waals surface area contributed by atoms with Gasteiger partial charge in [-0.05, 0) is 50.9 Å². The number of hydrogen-bond donors (Lipinski definition) is 1. The zero-order chi connectivity index (χ0) is 14.9. The molecule has 2 aliphatic heterocycles. The molecule has 114 valence electrons. The van der Waals surface area contributed by atoms with Crippen LogP contribution in [0.5, 0.6) is 5.75 Å². The lowest BCUT2D eigenvalue weighted by molar-refractivity contribution is -0.150. The summed E-state index contributed by atoms with van der Waals surface area (Å²) >= 11 is 0. The predicted molar refractivity (Wildman–Crippen MR) is 80.7 cm³/mol. The molecule has 4 heteroatoms. The van der Waals surface area contributed by atoms with Gasteiger partial charge >= 0.3 is 5.97 Å². The Morgan fingerprint density at radius 1 is 1.38 bits per heavy atom. The van der Waals surface area contributed by atoms with Crippen molar-refractivity contribution in [2.45, 2.75) is 32.1 Å². The Bertz CT molecular complexity index is 521. The number of benzene rings is 1. The molecule has 2 aliphatic rings. The molecule has 0 saturated carbocycles. The molecule has 0 amide bonds. The van der Waals surface area contributed by atoms with Crippen molar-refractivity contribution in [1.82, 2.24) is 4.90 Å². The van der Waals surface area contributed by atoms with Crippen LogP contribution in [-0.2, 0) is 4.79 Å². The maximum Gasteiger partial charge on any atom is 0.309 e. The Kier molecular flexibility index (Phi) is 3.89. The van der Waals surface area contributed by atoms with Gasteiger partial charge in [-0.1, -0.05) is 18.2 Å². The molecule has 1 saturated heterocycles. The van der Waals surface area contributed by atoms with Crippen molar-refractivity contribution in [3.8, 4) is 5.75 Å². The van der Waals surface area contributed by atoms with Gasteiger partial charge in [0.1, 0.15) is 5.75 Å². The van der Waals surface area contributed by atoms with E-state index in [0.717, 1.165) is 51.3 Å². The molecule has 0 spiro atoms. The van der Waals surface area contributed by atoms with Crippen LogP contribution in [0, 0.1) is 5.41 Å². The number of piperidine rings is 1. The summed E-state index contributed by atoms with van der Waals surface area (Å²) in [4.78, 5) is 13.7. The summed E-state index contributed by atoms with van der Waals surface area (Å²) in [6, 6.07) is 8.28. The Hall–Kier alpha value is -1.55. The topological polar surface area (TPSA) is 49.8 Å². The first-order chi connectivity index (χ1) is 10.1. The number of ether oxygens (including phenoxy) is 1. The number of carboxylic acids is 1. The summed E-state index contributed by atoms with van der Waals surface area (Å²) in [6.07, 6.45) is 2.53. The molecule has 0 aromatic heterocycles. The van der Waals surface area contributed by atoms with Crippen LogP contribution in [0.1, 0.15) is 37.7 Å². The number of nitrogens with zero attached hydrogens (tertiary/aromatic N) is 1. The van der Waals surface area contributed by atoms with Crippen LogP contribution in [0.4, 0.5) is 0 Å². The molecule has 4 nitrogen and oxygen atoms in total. The van der Waals surface area contributed by atoms with E-state index in [1.54, 1.807) is 0 Å². The number of carboxylic acid groups (broad SMARTS) is 1. The molecule has 1 unspecified atom stereocenters. The van der Waals surface area contributed by atoms with Crippen LogP contribution in [0.2, 0.25) is 0 Å². The SMILES string of the molecule is CC1(C(=O)O)CCN(CC2CCOc3ccccc32)CC1. The fraction of sp³-hybridized carbons (Fsp3) is 0.588. The maximum atomic E-state index is 11.3. The molecule has 0 aliphatic carbocycles. The average Bonchev–Trinajstić information content (AvgIpc) is 2.50. The lowest BCUT2D eigenvalue weighted by atomic mass is 9.80. The van der Waals surface area contributed by atoms with Gasteiger partial charge < -0.3 is 14.7 Å². The molecule has 0 radical (unpaired) electrons. The first kappa shape index (κ1) is 14.4. The largest absolute Gasteiger partial charge is 0.493 e. The maximum absolute atomic E-state index is 11.3. The normalized spacial score (nSPS) is 24.9. The van der Waals surface area contributed by atoms with E-state index in [2.05, 4.69) is 17.0 Å². The minimum absolute atomic E-state index is 0.504. The number of hydrogen-bond acceptors (Lipinski definition) is 3. The van der Waals surface area contributed by atoms with Gasteiger partial charge in [0.25, 0.3) is 0 Å². The highest BCUT2D eigenvalue weighted by Crippen LogP contribution is 2.36. The lowest BCUT2D eigenvalue weighted by Crippen LogP contribution is -2.44. The quantitative estimate of drug-likeness (QED) is 0.929. The molecular formula is C17H23NO3. The van der Waals surface area contributed by atoms with Gasteiger partial charge in [-0.3, -0.25) is 4.79 Å². The Labute approximate surface area is 125 Å². The van der Waals surface area contributed by atoms with Gasteiger partial charge in [0, 0.05) is 12.5 Å². The van der Waals surface area contributed by atoms with Crippen molar-refractivity contribution in [3.05, 3.63) is 29.8 Å². The molecule has 2 heterocycles. The average molecular weight is 289 g/mol. The van der Waals surface area contributed by atoms with Crippen molar-refractivity contribution >= 4 is 5.97 Å². The highest BCUT2D eigenvalue weighted by molar-refractivity contribution is 5.74. The molecule has 1 fully saturated rings. The minimum Gasteiger partial charge on any atom is -0.493 e. The molecule has 1 aromatic rings. The molecule has 0 bridgehead atoms. The number of fused-ring (bicyclic) bond motifs is 1. The minimum atomic E-state index is -0.654. The fourth-order valence-corrected chi connectivity index (χ4v) is 3.36. The Balaban J connectivity index is 1.63. The number of rotatable bonds is 3. The number of carbonyl (C=O) groups is 1. The molecule has 1 atom stereocenters. The van der Waals surface area contributed by atoms with E-state index in [-0.39, 0.29) is 0 Å². The van der Waals surface area contributed by atoms with Gasteiger partial charge in [0.05, 0.1) is 12.0 Å². The van der Waals surface area contributed by atoms with E-state index < -0.39 is 11.4 Å². The van der Waals surface area contributed by atoms with Crippen molar-refractivity contribution < 1.29 is 14.6 Å². The third-order valence-corrected chi connectivity index (χ3v) is 5.04. The molecule has 21 heavy (non-hydrogen) atoms. The number of para-hydroxylation sites is 1. The van der Waals surface area contributed by atoms with E-state index >= 15 is 0 Å². The zero-order valence-corrected chi connectivity index (χ0v) is 12.5. The molecule has 1 N–H and O–H groups in total. The standard InChI is InChI=1S/C17H23NO3/c1-17(16(19)20)7-9-18(10-8-17)12-13-6-11-21-15-5-3-2-4-14(13)15/h2-5,13H,6-12H2,1H3,(H,19,20). The molecule has 1 aromatic carbocycles. The number of aliphatic carboxylic acids is 1. The van der Waals surface area contributed by atoms with Gasteiger partial charge in [0.15, 0.2) is 0 Å². The van der Waals surface area contributed by atoms with Gasteiger partial charge in [0.2, 0.25) is 0 Å². The van der Waals surface area contributed by atoms with Crippen molar-refractivity contribution in [3.63, 3.8) is 0 Å². The number of likely N-dealkylation sites (tertiary alicyclic amines) is 1. The summed E-state index contributed by atoms with van der Waals surface area (Å²) in [5.74, 6) is 0.865. The summed E-state index contributed by atoms with van der Waals surface area (Å²) in [7, 11) is 0. The molecule has 3 rings (SSSR count). The predicted octanol–water partition coefficient (Wildman–Crippen LogP) is 2.74. The van der Waals surface area contributed by atoms with Crippen LogP contribution in [0.25, 0.3) is 0 Å². The third-order valence-electron chi connectivity index (χ3n) is 5.04. The van der Waals surface area contributed by atoms with E-state index in [0.29, 0.717) is 5.92 Å². The fourth-order valence-electron chi connectivity index (χ4n) is 3.36. The summed E-state index contributed by atoms with van der Waals surface area (Å²) in [5.41, 5.74) is 0.764. The Morgan fingerprint density at radius 3 is 2.81 bits per heavy atom. The monoisotopic (exact) mass is 289 g/mol. The van der Waals surface area contributed by atoms with Gasteiger partial charge in [-0.15, -0.1) is 0 Å². The summed E-state index contributed by atoms with van der Waals surface area (Å²) < 4.78 is 5.71. The van der Waals surface area contributed by atoms with Crippen LogP contribution in [0.3, 0.4) is 0 Å². The smallest absolute Gasteiger partial charge is 0.309 e. The first-order valence-corrected chi connectivity index (χ1v) is 7.76. The van der Waals surface area contributed by atoms with E-state index in [4.69, 9.17) is 4.74 Å². The van der Waals surface area contributed by atoms with Crippen molar-refractivity contribution in [2.24, 2.45) is 5.41 Å². The van der Waals surface area contributed by atoms with Gasteiger partial charge in [-0.2, -0.15) is 0 Å². The van der Waals surface area contributed by atoms with E-state index in [1.165, 1.54) is 5.56 Å². The van der Waals surface area contributed by atoms with Crippen LogP contribution < -0.4 is 4.74 Å². The third kappa shape index (κ3) is 2.91. The lowest BCUT2D eigenvalue weighted by Gasteiger charge is -2.38. The van der Waals surface area contributed by atoms with E-state index in [1.807, 2.05) is 19.1 Å². The van der Waals surface area contributed by atoms with Crippen LogP contribution in [0.15, 0.2) is 24.3 Å². The van der Waals surface area contributed by atoms with Gasteiger partial charge in [-0.25, -0.2) is 0 Å². The summed E-state index contributed by atoms with van der Waals surface area (Å²) in [6.45, 7) is 5.42. The van der Waals surface area contributed by atoms with Crippen molar-refractivity contribution in [1.29, 1.82) is 0 Å². The van der Waals surface area contributed by atoms with E-state index in [9.17, 15) is 9.90 Å². The summed E-state index contributed by atoms with van der Waals surface area (Å²) in [5, 5.41) is 9.30. The second kappa shape index (κ2) is 5.68. The highest BCUT2D eigenvalue weighted by atomic mass is 16.5. The molecular weight excluding hydrogens is 266 g/mol. The Morgan fingerprint density at radius 2 is 2.10 bits per heavy atom.